The number of rotatable bonds is 5. The SMILES string of the molecule is COCC(=O)Cc1cc(F)c(Cl)cc1[N+](=O)[O-]. The van der Waals surface area contributed by atoms with Crippen molar-refractivity contribution in [3.8, 4) is 0 Å². The van der Waals surface area contributed by atoms with Crippen LogP contribution in [0.2, 0.25) is 5.02 Å². The van der Waals surface area contributed by atoms with E-state index in [0.29, 0.717) is 0 Å². The van der Waals surface area contributed by atoms with Crippen molar-refractivity contribution in [3.05, 3.63) is 38.7 Å². The summed E-state index contributed by atoms with van der Waals surface area (Å²) in [7, 11) is 1.33. The first-order chi connectivity index (χ1) is 7.95. The predicted molar refractivity (Wildman–Crippen MR) is 58.7 cm³/mol. The molecule has 0 saturated heterocycles. The summed E-state index contributed by atoms with van der Waals surface area (Å²) >= 11 is 5.44. The molecule has 17 heavy (non-hydrogen) atoms. The summed E-state index contributed by atoms with van der Waals surface area (Å²) in [6.07, 6.45) is -0.266. The zero-order valence-corrected chi connectivity index (χ0v) is 9.66. The average molecular weight is 262 g/mol. The molecule has 0 unspecified atom stereocenters. The minimum atomic E-state index is -0.794. The molecule has 0 saturated carbocycles. The number of benzene rings is 1. The lowest BCUT2D eigenvalue weighted by Crippen LogP contribution is -2.11. The third kappa shape index (κ3) is 3.47. The second-order valence-electron chi connectivity index (χ2n) is 3.30. The molecular weight excluding hydrogens is 253 g/mol. The number of Topliss-reactive ketones (excluding diaryl/α,β-unsaturated/α-hetero) is 1. The summed E-state index contributed by atoms with van der Waals surface area (Å²) < 4.78 is 17.8. The fourth-order valence-electron chi connectivity index (χ4n) is 1.31. The van der Waals surface area contributed by atoms with Crippen molar-refractivity contribution in [1.29, 1.82) is 0 Å². The van der Waals surface area contributed by atoms with Crippen molar-refractivity contribution in [2.24, 2.45) is 0 Å². The third-order valence-electron chi connectivity index (χ3n) is 2.01. The Hall–Kier alpha value is -1.53. The molecule has 1 aromatic carbocycles. The molecule has 0 fully saturated rings. The van der Waals surface area contributed by atoms with Crippen LogP contribution in [0.4, 0.5) is 10.1 Å². The van der Waals surface area contributed by atoms with Crippen molar-refractivity contribution >= 4 is 23.1 Å². The van der Waals surface area contributed by atoms with Gasteiger partial charge in [0.05, 0.1) is 9.95 Å². The first-order valence-corrected chi connectivity index (χ1v) is 4.96. The molecule has 0 spiro atoms. The summed E-state index contributed by atoms with van der Waals surface area (Å²) in [6, 6.07) is 1.79. The maximum Gasteiger partial charge on any atom is 0.274 e. The number of hydrogen-bond donors (Lipinski definition) is 0. The standard InChI is InChI=1S/C10H9ClFNO4/c1-17-5-7(14)2-6-3-9(12)8(11)4-10(6)13(15)16/h3-4H,2,5H2,1H3. The van der Waals surface area contributed by atoms with E-state index in [1.54, 1.807) is 0 Å². The van der Waals surface area contributed by atoms with Crippen LogP contribution >= 0.6 is 11.6 Å². The van der Waals surface area contributed by atoms with Crippen molar-refractivity contribution in [2.45, 2.75) is 6.42 Å². The molecule has 0 N–H and O–H groups in total. The molecule has 0 aliphatic rings. The summed E-state index contributed by atoms with van der Waals surface area (Å²) in [5.41, 5.74) is -0.389. The Morgan fingerprint density at radius 2 is 2.24 bits per heavy atom. The van der Waals surface area contributed by atoms with Gasteiger partial charge in [0.25, 0.3) is 5.69 Å². The predicted octanol–water partition coefficient (Wildman–Crippen LogP) is 2.15. The van der Waals surface area contributed by atoms with Gasteiger partial charge in [-0.2, -0.15) is 0 Å². The van der Waals surface area contributed by atoms with Crippen LogP contribution in [0.3, 0.4) is 0 Å². The minimum absolute atomic E-state index is 0.0149. The maximum atomic E-state index is 13.2. The van der Waals surface area contributed by atoms with Gasteiger partial charge in [-0.1, -0.05) is 11.6 Å². The summed E-state index contributed by atoms with van der Waals surface area (Å²) in [5.74, 6) is -1.17. The quantitative estimate of drug-likeness (QED) is 0.601. The monoisotopic (exact) mass is 261 g/mol. The highest BCUT2D eigenvalue weighted by molar-refractivity contribution is 6.31. The van der Waals surface area contributed by atoms with Gasteiger partial charge in [0.2, 0.25) is 0 Å². The number of hydrogen-bond acceptors (Lipinski definition) is 4. The Balaban J connectivity index is 3.08. The van der Waals surface area contributed by atoms with Crippen LogP contribution in [-0.2, 0) is 16.0 Å². The van der Waals surface area contributed by atoms with E-state index in [9.17, 15) is 19.3 Å². The molecule has 0 heterocycles. The van der Waals surface area contributed by atoms with Gasteiger partial charge >= 0.3 is 0 Å². The van der Waals surface area contributed by atoms with Crippen molar-refractivity contribution < 1.29 is 18.8 Å². The van der Waals surface area contributed by atoms with Crippen LogP contribution in [0.15, 0.2) is 12.1 Å². The molecule has 0 bridgehead atoms. The van der Waals surface area contributed by atoms with E-state index in [1.807, 2.05) is 0 Å². The smallest absolute Gasteiger partial charge is 0.274 e. The minimum Gasteiger partial charge on any atom is -0.377 e. The van der Waals surface area contributed by atoms with Gasteiger partial charge in [-0.25, -0.2) is 4.39 Å². The van der Waals surface area contributed by atoms with E-state index in [-0.39, 0.29) is 35.1 Å². The zero-order valence-electron chi connectivity index (χ0n) is 8.91. The lowest BCUT2D eigenvalue weighted by molar-refractivity contribution is -0.385. The van der Waals surface area contributed by atoms with E-state index in [1.165, 1.54) is 7.11 Å². The second-order valence-corrected chi connectivity index (χ2v) is 3.71. The lowest BCUT2D eigenvalue weighted by atomic mass is 10.1. The first-order valence-electron chi connectivity index (χ1n) is 4.58. The molecule has 92 valence electrons. The van der Waals surface area contributed by atoms with Gasteiger partial charge < -0.3 is 4.74 Å². The molecule has 0 atom stereocenters. The molecule has 0 radical (unpaired) electrons. The Morgan fingerprint density at radius 3 is 2.76 bits per heavy atom. The highest BCUT2D eigenvalue weighted by Crippen LogP contribution is 2.26. The van der Waals surface area contributed by atoms with Gasteiger partial charge in [-0.15, -0.1) is 0 Å². The number of methoxy groups -OCH3 is 1. The van der Waals surface area contributed by atoms with Gasteiger partial charge in [0, 0.05) is 25.2 Å². The highest BCUT2D eigenvalue weighted by Gasteiger charge is 2.19. The lowest BCUT2D eigenvalue weighted by Gasteiger charge is -2.03. The van der Waals surface area contributed by atoms with Crippen molar-refractivity contribution in [2.75, 3.05) is 13.7 Å². The molecule has 7 heteroatoms. The molecule has 1 rings (SSSR count). The molecule has 0 aliphatic carbocycles. The van der Waals surface area contributed by atoms with Crippen molar-refractivity contribution in [3.63, 3.8) is 0 Å². The Morgan fingerprint density at radius 1 is 1.59 bits per heavy atom. The number of carbonyl (C=O) groups excluding carboxylic acids is 1. The van der Waals surface area contributed by atoms with E-state index in [0.717, 1.165) is 12.1 Å². The molecule has 0 amide bonds. The Kier molecular flexibility index (Phi) is 4.53. The molecule has 0 aromatic heterocycles. The zero-order chi connectivity index (χ0) is 13.0. The van der Waals surface area contributed by atoms with Crippen LogP contribution in [-0.4, -0.2) is 24.4 Å². The van der Waals surface area contributed by atoms with Crippen LogP contribution in [0.5, 0.6) is 0 Å². The first kappa shape index (κ1) is 13.5. The van der Waals surface area contributed by atoms with Crippen LogP contribution in [0.25, 0.3) is 0 Å². The van der Waals surface area contributed by atoms with Gasteiger partial charge in [0.15, 0.2) is 5.78 Å². The van der Waals surface area contributed by atoms with Crippen molar-refractivity contribution in [1.82, 2.24) is 0 Å². The fraction of sp³-hybridized carbons (Fsp3) is 0.300. The van der Waals surface area contributed by atoms with Crippen LogP contribution < -0.4 is 0 Å². The Labute approximate surface area is 101 Å². The van der Waals surface area contributed by atoms with E-state index in [4.69, 9.17) is 11.6 Å². The number of nitro groups is 1. The summed E-state index contributed by atoms with van der Waals surface area (Å²) in [5, 5.41) is 10.4. The highest BCUT2D eigenvalue weighted by atomic mass is 35.5. The van der Waals surface area contributed by atoms with Gasteiger partial charge in [0.1, 0.15) is 12.4 Å². The van der Waals surface area contributed by atoms with E-state index in [2.05, 4.69) is 4.74 Å². The number of ketones is 1. The number of nitrogens with zero attached hydrogens (tertiary/aromatic N) is 1. The third-order valence-corrected chi connectivity index (χ3v) is 2.30. The summed E-state index contributed by atoms with van der Waals surface area (Å²) in [4.78, 5) is 21.3. The molecular formula is C10H9ClFNO4. The van der Waals surface area contributed by atoms with Gasteiger partial charge in [-0.05, 0) is 6.07 Å². The van der Waals surface area contributed by atoms with Crippen LogP contribution in [0.1, 0.15) is 5.56 Å². The van der Waals surface area contributed by atoms with Crippen LogP contribution in [0, 0.1) is 15.9 Å². The van der Waals surface area contributed by atoms with E-state index >= 15 is 0 Å². The number of nitro benzene ring substituents is 1. The molecule has 1 aromatic rings. The molecule has 0 aliphatic heterocycles. The molecule has 5 nitrogen and oxygen atoms in total. The Bertz CT molecular complexity index is 464. The maximum absolute atomic E-state index is 13.2. The normalized spacial score (nSPS) is 10.3. The van der Waals surface area contributed by atoms with Gasteiger partial charge in [-0.3, -0.25) is 14.9 Å². The number of halogens is 2. The number of ether oxygens (including phenoxy) is 1. The fourth-order valence-corrected chi connectivity index (χ4v) is 1.47. The average Bonchev–Trinajstić information content (AvgIpc) is 2.23. The van der Waals surface area contributed by atoms with E-state index < -0.39 is 10.7 Å². The summed E-state index contributed by atoms with van der Waals surface area (Å²) in [6.45, 7) is -0.179. The topological polar surface area (TPSA) is 69.4 Å². The second kappa shape index (κ2) is 5.70. The largest absolute Gasteiger partial charge is 0.377 e. The number of carbonyl (C=O) groups is 1.